The molecule has 1 aromatic carbocycles. The fourth-order valence-corrected chi connectivity index (χ4v) is 3.85. The zero-order valence-corrected chi connectivity index (χ0v) is 13.0. The molecule has 1 saturated carbocycles. The molecule has 5 heteroatoms. The smallest absolute Gasteiger partial charge is 0.234 e. The average Bonchev–Trinajstić information content (AvgIpc) is 3.01. The highest BCUT2D eigenvalue weighted by Crippen LogP contribution is 2.36. The van der Waals surface area contributed by atoms with Gasteiger partial charge >= 0.3 is 0 Å². The van der Waals surface area contributed by atoms with Crippen LogP contribution in [0.25, 0.3) is 0 Å². The molecule has 1 amide bonds. The maximum atomic E-state index is 12.9. The minimum atomic E-state index is -0.262. The van der Waals surface area contributed by atoms with E-state index in [0.29, 0.717) is 24.4 Å². The number of halogens is 1. The number of rotatable bonds is 4. The van der Waals surface area contributed by atoms with Gasteiger partial charge in [0.25, 0.3) is 0 Å². The Balaban J connectivity index is 1.49. The van der Waals surface area contributed by atoms with Gasteiger partial charge in [-0.15, -0.1) is 0 Å². The minimum absolute atomic E-state index is 0.0189. The van der Waals surface area contributed by atoms with Crippen molar-refractivity contribution >= 4 is 5.91 Å². The zero-order valence-electron chi connectivity index (χ0n) is 13.0. The lowest BCUT2D eigenvalue weighted by Crippen LogP contribution is -2.38. The van der Waals surface area contributed by atoms with Gasteiger partial charge in [0.1, 0.15) is 5.82 Å². The van der Waals surface area contributed by atoms with Crippen LogP contribution in [0.4, 0.5) is 4.39 Å². The number of hydrogen-bond donors (Lipinski definition) is 2. The van der Waals surface area contributed by atoms with Gasteiger partial charge < -0.3 is 11.1 Å². The van der Waals surface area contributed by atoms with Gasteiger partial charge in [-0.05, 0) is 49.3 Å². The molecule has 120 valence electrons. The summed E-state index contributed by atoms with van der Waals surface area (Å²) in [6, 6.07) is 6.44. The van der Waals surface area contributed by atoms with Gasteiger partial charge in [0.2, 0.25) is 5.91 Å². The SMILES string of the molecule is CC(NC(=O)CN1CC2CCC(N)C2C1)c1ccc(F)cc1. The molecule has 0 bridgehead atoms. The Kier molecular flexibility index (Phi) is 4.45. The van der Waals surface area contributed by atoms with E-state index in [-0.39, 0.29) is 17.8 Å². The molecule has 1 aromatic rings. The van der Waals surface area contributed by atoms with Gasteiger partial charge in [-0.1, -0.05) is 12.1 Å². The molecule has 1 aliphatic carbocycles. The molecule has 1 saturated heterocycles. The molecule has 2 aliphatic rings. The van der Waals surface area contributed by atoms with Gasteiger partial charge in [-0.3, -0.25) is 9.69 Å². The van der Waals surface area contributed by atoms with E-state index in [1.54, 1.807) is 12.1 Å². The van der Waals surface area contributed by atoms with Gasteiger partial charge in [-0.2, -0.15) is 0 Å². The van der Waals surface area contributed by atoms with Crippen molar-refractivity contribution in [3.05, 3.63) is 35.6 Å². The van der Waals surface area contributed by atoms with Crippen molar-refractivity contribution in [3.8, 4) is 0 Å². The normalized spacial score (nSPS) is 29.3. The van der Waals surface area contributed by atoms with E-state index in [0.717, 1.165) is 25.1 Å². The van der Waals surface area contributed by atoms with Crippen molar-refractivity contribution in [2.75, 3.05) is 19.6 Å². The molecule has 2 fully saturated rings. The van der Waals surface area contributed by atoms with Crippen LogP contribution < -0.4 is 11.1 Å². The average molecular weight is 305 g/mol. The van der Waals surface area contributed by atoms with Crippen LogP contribution in [0.3, 0.4) is 0 Å². The monoisotopic (exact) mass is 305 g/mol. The number of nitrogens with zero attached hydrogens (tertiary/aromatic N) is 1. The van der Waals surface area contributed by atoms with Gasteiger partial charge in [0.15, 0.2) is 0 Å². The number of hydrogen-bond acceptors (Lipinski definition) is 3. The second kappa shape index (κ2) is 6.34. The van der Waals surface area contributed by atoms with Crippen LogP contribution in [0.2, 0.25) is 0 Å². The first-order chi connectivity index (χ1) is 10.5. The second-order valence-corrected chi connectivity index (χ2v) is 6.70. The van der Waals surface area contributed by atoms with Gasteiger partial charge in [0, 0.05) is 19.1 Å². The molecule has 4 unspecified atom stereocenters. The van der Waals surface area contributed by atoms with Crippen LogP contribution in [0.15, 0.2) is 24.3 Å². The third kappa shape index (κ3) is 3.31. The lowest BCUT2D eigenvalue weighted by Gasteiger charge is -2.20. The molecule has 0 spiro atoms. The Bertz CT molecular complexity index is 533. The second-order valence-electron chi connectivity index (χ2n) is 6.70. The van der Waals surface area contributed by atoms with Crippen molar-refractivity contribution in [2.24, 2.45) is 17.6 Å². The number of carbonyl (C=O) groups excluding carboxylic acids is 1. The third-order valence-corrected chi connectivity index (χ3v) is 5.10. The van der Waals surface area contributed by atoms with Crippen LogP contribution in [0.5, 0.6) is 0 Å². The van der Waals surface area contributed by atoms with Crippen molar-refractivity contribution in [2.45, 2.75) is 31.8 Å². The molecule has 1 heterocycles. The first-order valence-electron chi connectivity index (χ1n) is 8.05. The Morgan fingerprint density at radius 3 is 2.77 bits per heavy atom. The molecular formula is C17H24FN3O. The Labute approximate surface area is 130 Å². The predicted octanol–water partition coefficient (Wildman–Crippen LogP) is 1.67. The number of benzene rings is 1. The molecule has 0 aromatic heterocycles. The summed E-state index contributed by atoms with van der Waals surface area (Å²) in [5.41, 5.74) is 7.04. The number of likely N-dealkylation sites (tertiary alicyclic amines) is 1. The summed E-state index contributed by atoms with van der Waals surface area (Å²) >= 11 is 0. The predicted molar refractivity (Wildman–Crippen MR) is 83.6 cm³/mol. The third-order valence-electron chi connectivity index (χ3n) is 5.10. The topological polar surface area (TPSA) is 58.4 Å². The molecule has 4 nitrogen and oxygen atoms in total. The fourth-order valence-electron chi connectivity index (χ4n) is 3.85. The lowest BCUT2D eigenvalue weighted by atomic mass is 9.98. The maximum Gasteiger partial charge on any atom is 0.234 e. The maximum absolute atomic E-state index is 12.9. The summed E-state index contributed by atoms with van der Waals surface area (Å²) < 4.78 is 12.9. The number of fused-ring (bicyclic) bond motifs is 1. The van der Waals surface area contributed by atoms with Crippen molar-refractivity contribution < 1.29 is 9.18 Å². The van der Waals surface area contributed by atoms with E-state index in [1.165, 1.54) is 18.6 Å². The quantitative estimate of drug-likeness (QED) is 0.890. The first-order valence-corrected chi connectivity index (χ1v) is 8.05. The van der Waals surface area contributed by atoms with Crippen LogP contribution >= 0.6 is 0 Å². The van der Waals surface area contributed by atoms with E-state index < -0.39 is 0 Å². The highest BCUT2D eigenvalue weighted by atomic mass is 19.1. The van der Waals surface area contributed by atoms with E-state index in [4.69, 9.17) is 5.73 Å². The van der Waals surface area contributed by atoms with Gasteiger partial charge in [0.05, 0.1) is 12.6 Å². The highest BCUT2D eigenvalue weighted by Gasteiger charge is 2.41. The number of carbonyl (C=O) groups is 1. The Morgan fingerprint density at radius 1 is 1.36 bits per heavy atom. The molecule has 1 aliphatic heterocycles. The summed E-state index contributed by atoms with van der Waals surface area (Å²) in [6.45, 7) is 4.26. The van der Waals surface area contributed by atoms with E-state index in [1.807, 2.05) is 6.92 Å². The molecule has 0 radical (unpaired) electrons. The zero-order chi connectivity index (χ0) is 15.7. The Hall–Kier alpha value is -1.46. The number of nitrogens with one attached hydrogen (secondary N) is 1. The van der Waals surface area contributed by atoms with Crippen molar-refractivity contribution in [1.29, 1.82) is 0 Å². The lowest BCUT2D eigenvalue weighted by molar-refractivity contribution is -0.122. The van der Waals surface area contributed by atoms with E-state index >= 15 is 0 Å². The molecule has 22 heavy (non-hydrogen) atoms. The van der Waals surface area contributed by atoms with Crippen LogP contribution in [-0.4, -0.2) is 36.5 Å². The minimum Gasteiger partial charge on any atom is -0.348 e. The first kappa shape index (κ1) is 15.4. The van der Waals surface area contributed by atoms with Crippen LogP contribution in [0, 0.1) is 17.7 Å². The van der Waals surface area contributed by atoms with Crippen LogP contribution in [0.1, 0.15) is 31.4 Å². The number of nitrogens with two attached hydrogens (primary N) is 1. The van der Waals surface area contributed by atoms with Crippen molar-refractivity contribution in [3.63, 3.8) is 0 Å². The summed E-state index contributed by atoms with van der Waals surface area (Å²) in [7, 11) is 0. The largest absolute Gasteiger partial charge is 0.348 e. The summed E-state index contributed by atoms with van der Waals surface area (Å²) in [6.07, 6.45) is 2.31. The molecule has 3 rings (SSSR count). The van der Waals surface area contributed by atoms with Crippen LogP contribution in [-0.2, 0) is 4.79 Å². The molecular weight excluding hydrogens is 281 g/mol. The Morgan fingerprint density at radius 2 is 2.09 bits per heavy atom. The van der Waals surface area contributed by atoms with E-state index in [2.05, 4.69) is 10.2 Å². The van der Waals surface area contributed by atoms with Crippen molar-refractivity contribution in [1.82, 2.24) is 10.2 Å². The van der Waals surface area contributed by atoms with E-state index in [9.17, 15) is 9.18 Å². The molecule has 3 N–H and O–H groups in total. The number of amides is 1. The standard InChI is InChI=1S/C17H24FN3O/c1-11(12-2-5-14(18)6-3-12)20-17(22)10-21-8-13-4-7-16(19)15(13)9-21/h2-3,5-6,11,13,15-16H,4,7-10,19H2,1H3,(H,20,22). The summed E-state index contributed by atoms with van der Waals surface area (Å²) in [4.78, 5) is 14.4. The fraction of sp³-hybridized carbons (Fsp3) is 0.588. The summed E-state index contributed by atoms with van der Waals surface area (Å²) in [5, 5.41) is 2.99. The highest BCUT2D eigenvalue weighted by molar-refractivity contribution is 5.78. The van der Waals surface area contributed by atoms with Gasteiger partial charge in [-0.25, -0.2) is 4.39 Å². The summed E-state index contributed by atoms with van der Waals surface area (Å²) in [5.74, 6) is 0.979. The molecule has 4 atom stereocenters.